The number of para-hydroxylation sites is 1. The van der Waals surface area contributed by atoms with E-state index in [-0.39, 0.29) is 5.91 Å². The quantitative estimate of drug-likeness (QED) is 0.836. The minimum absolute atomic E-state index is 0.330. The van der Waals surface area contributed by atoms with Crippen molar-refractivity contribution in [1.82, 2.24) is 0 Å². The minimum atomic E-state index is -0.722. The van der Waals surface area contributed by atoms with E-state index in [1.54, 1.807) is 49.4 Å². The van der Waals surface area contributed by atoms with Crippen molar-refractivity contribution in [2.75, 3.05) is 11.1 Å². The maximum Gasteiger partial charge on any atom is 0.265 e. The van der Waals surface area contributed by atoms with Crippen LogP contribution in [0.5, 0.6) is 5.75 Å². The number of nitrogen functional groups attached to an aromatic ring is 1. The van der Waals surface area contributed by atoms with Crippen molar-refractivity contribution in [3.63, 3.8) is 0 Å². The van der Waals surface area contributed by atoms with E-state index in [2.05, 4.69) is 5.32 Å². The molecule has 3 N–H and O–H groups in total. The molecule has 1 amide bonds. The second-order valence-corrected chi connectivity index (χ2v) is 5.25. The Balaban J connectivity index is 2.04. The number of ether oxygens (including phenoxy) is 1. The standard InChI is InChI=1S/C15H14Cl2N2O2/c1-9(21-14-5-3-2-4-11(14)17)15(20)19-13-7-6-10(16)8-12(13)18/h2-9H,18H2,1H3,(H,19,20). The van der Waals surface area contributed by atoms with Crippen LogP contribution in [0.2, 0.25) is 10.0 Å². The SMILES string of the molecule is CC(Oc1ccccc1Cl)C(=O)Nc1ccc(Cl)cc1N. The van der Waals surface area contributed by atoms with Crippen molar-refractivity contribution < 1.29 is 9.53 Å². The van der Waals surface area contributed by atoms with Crippen molar-refractivity contribution in [2.24, 2.45) is 0 Å². The van der Waals surface area contributed by atoms with Crippen LogP contribution >= 0.6 is 23.2 Å². The number of hydrogen-bond acceptors (Lipinski definition) is 3. The molecule has 0 aliphatic heterocycles. The molecule has 0 radical (unpaired) electrons. The molecule has 2 aromatic rings. The average molecular weight is 325 g/mol. The maximum absolute atomic E-state index is 12.1. The summed E-state index contributed by atoms with van der Waals surface area (Å²) in [4.78, 5) is 12.1. The number of nitrogens with two attached hydrogens (primary N) is 1. The first-order valence-corrected chi connectivity index (χ1v) is 7.00. The average Bonchev–Trinajstić information content (AvgIpc) is 2.44. The van der Waals surface area contributed by atoms with Gasteiger partial charge in [-0.25, -0.2) is 0 Å². The van der Waals surface area contributed by atoms with Gasteiger partial charge in [-0.3, -0.25) is 4.79 Å². The molecule has 1 unspecified atom stereocenters. The Kier molecular flexibility index (Phi) is 4.94. The molecule has 110 valence electrons. The van der Waals surface area contributed by atoms with Crippen LogP contribution in [0.1, 0.15) is 6.92 Å². The first-order chi connectivity index (χ1) is 9.97. The number of carbonyl (C=O) groups is 1. The molecule has 21 heavy (non-hydrogen) atoms. The second kappa shape index (κ2) is 6.70. The third-order valence-electron chi connectivity index (χ3n) is 2.78. The lowest BCUT2D eigenvalue weighted by Gasteiger charge is -2.16. The van der Waals surface area contributed by atoms with Crippen molar-refractivity contribution in [2.45, 2.75) is 13.0 Å². The lowest BCUT2D eigenvalue weighted by molar-refractivity contribution is -0.122. The van der Waals surface area contributed by atoms with Crippen LogP contribution in [0, 0.1) is 0 Å². The van der Waals surface area contributed by atoms with Crippen LogP contribution in [-0.4, -0.2) is 12.0 Å². The molecular formula is C15H14Cl2N2O2. The number of anilines is 2. The van der Waals surface area contributed by atoms with Crippen LogP contribution in [0.3, 0.4) is 0 Å². The molecule has 0 aromatic heterocycles. The summed E-state index contributed by atoms with van der Waals surface area (Å²) in [5, 5.41) is 3.64. The Bertz CT molecular complexity index is 662. The molecule has 0 aliphatic rings. The Morgan fingerprint density at radius 3 is 2.62 bits per heavy atom. The third-order valence-corrected chi connectivity index (χ3v) is 3.33. The van der Waals surface area contributed by atoms with Crippen LogP contribution in [0.4, 0.5) is 11.4 Å². The molecular weight excluding hydrogens is 311 g/mol. The molecule has 4 nitrogen and oxygen atoms in total. The van der Waals surface area contributed by atoms with E-state index in [1.165, 1.54) is 0 Å². The summed E-state index contributed by atoms with van der Waals surface area (Å²) in [6.45, 7) is 1.63. The van der Waals surface area contributed by atoms with Gasteiger partial charge in [-0.15, -0.1) is 0 Å². The zero-order valence-corrected chi connectivity index (χ0v) is 12.8. The third kappa shape index (κ3) is 4.03. The molecule has 1 atom stereocenters. The zero-order chi connectivity index (χ0) is 15.4. The summed E-state index contributed by atoms with van der Waals surface area (Å²) in [7, 11) is 0. The lowest BCUT2D eigenvalue weighted by Crippen LogP contribution is -2.30. The molecule has 0 saturated heterocycles. The van der Waals surface area contributed by atoms with Gasteiger partial charge in [0.15, 0.2) is 6.10 Å². The van der Waals surface area contributed by atoms with Gasteiger partial charge in [-0.1, -0.05) is 35.3 Å². The van der Waals surface area contributed by atoms with Gasteiger partial charge in [0.05, 0.1) is 16.4 Å². The molecule has 0 aliphatic carbocycles. The summed E-state index contributed by atoms with van der Waals surface area (Å²) in [6, 6.07) is 11.8. The Morgan fingerprint density at radius 1 is 1.24 bits per heavy atom. The van der Waals surface area contributed by atoms with E-state index in [4.69, 9.17) is 33.7 Å². The number of carbonyl (C=O) groups excluding carboxylic acids is 1. The predicted octanol–water partition coefficient (Wildman–Crippen LogP) is 3.98. The smallest absolute Gasteiger partial charge is 0.265 e. The Hall–Kier alpha value is -1.91. The number of benzene rings is 2. The molecule has 0 fully saturated rings. The molecule has 6 heteroatoms. The summed E-state index contributed by atoms with van der Waals surface area (Å²) >= 11 is 11.8. The number of nitrogens with one attached hydrogen (secondary N) is 1. The van der Waals surface area contributed by atoms with Gasteiger partial charge >= 0.3 is 0 Å². The second-order valence-electron chi connectivity index (χ2n) is 4.41. The van der Waals surface area contributed by atoms with Crippen molar-refractivity contribution >= 4 is 40.5 Å². The highest BCUT2D eigenvalue weighted by atomic mass is 35.5. The molecule has 0 spiro atoms. The molecule has 2 aromatic carbocycles. The van der Waals surface area contributed by atoms with Gasteiger partial charge in [0, 0.05) is 5.02 Å². The Morgan fingerprint density at radius 2 is 1.95 bits per heavy atom. The van der Waals surface area contributed by atoms with E-state index < -0.39 is 6.10 Å². The van der Waals surface area contributed by atoms with Crippen molar-refractivity contribution in [3.05, 3.63) is 52.5 Å². The topological polar surface area (TPSA) is 64.3 Å². The normalized spacial score (nSPS) is 11.8. The molecule has 2 rings (SSSR count). The van der Waals surface area contributed by atoms with Gasteiger partial charge < -0.3 is 15.8 Å². The number of rotatable bonds is 4. The molecule has 0 bridgehead atoms. The fraction of sp³-hybridized carbons (Fsp3) is 0.133. The van der Waals surface area contributed by atoms with Crippen LogP contribution < -0.4 is 15.8 Å². The van der Waals surface area contributed by atoms with Gasteiger partial charge in [-0.2, -0.15) is 0 Å². The summed E-state index contributed by atoms with van der Waals surface area (Å²) < 4.78 is 5.53. The fourth-order valence-electron chi connectivity index (χ4n) is 1.67. The largest absolute Gasteiger partial charge is 0.479 e. The van der Waals surface area contributed by atoms with Gasteiger partial charge in [0.1, 0.15) is 5.75 Å². The highest BCUT2D eigenvalue weighted by Crippen LogP contribution is 2.25. The lowest BCUT2D eigenvalue weighted by atomic mass is 10.2. The molecule has 0 heterocycles. The number of amides is 1. The summed E-state index contributed by atoms with van der Waals surface area (Å²) in [5.74, 6) is 0.120. The van der Waals surface area contributed by atoms with E-state index in [0.717, 1.165) is 0 Å². The van der Waals surface area contributed by atoms with Crippen molar-refractivity contribution in [1.29, 1.82) is 0 Å². The van der Waals surface area contributed by atoms with Gasteiger partial charge in [-0.05, 0) is 37.3 Å². The Labute approximate surface area is 132 Å². The highest BCUT2D eigenvalue weighted by molar-refractivity contribution is 6.32. The first kappa shape index (κ1) is 15.5. The first-order valence-electron chi connectivity index (χ1n) is 6.24. The predicted molar refractivity (Wildman–Crippen MR) is 86.0 cm³/mol. The summed E-state index contributed by atoms with van der Waals surface area (Å²) in [5.41, 5.74) is 6.66. The van der Waals surface area contributed by atoms with E-state index >= 15 is 0 Å². The van der Waals surface area contributed by atoms with E-state index in [0.29, 0.717) is 27.2 Å². The fourth-order valence-corrected chi connectivity index (χ4v) is 2.03. The minimum Gasteiger partial charge on any atom is -0.479 e. The summed E-state index contributed by atoms with van der Waals surface area (Å²) in [6.07, 6.45) is -0.722. The highest BCUT2D eigenvalue weighted by Gasteiger charge is 2.17. The van der Waals surface area contributed by atoms with Crippen LogP contribution in [0.25, 0.3) is 0 Å². The van der Waals surface area contributed by atoms with Crippen LogP contribution in [-0.2, 0) is 4.79 Å². The number of hydrogen-bond donors (Lipinski definition) is 2. The maximum atomic E-state index is 12.1. The van der Waals surface area contributed by atoms with E-state index in [9.17, 15) is 4.79 Å². The number of halogens is 2. The van der Waals surface area contributed by atoms with Crippen molar-refractivity contribution in [3.8, 4) is 5.75 Å². The zero-order valence-electron chi connectivity index (χ0n) is 11.3. The molecule has 0 saturated carbocycles. The van der Waals surface area contributed by atoms with Crippen LogP contribution in [0.15, 0.2) is 42.5 Å². The van der Waals surface area contributed by atoms with Gasteiger partial charge in [0.25, 0.3) is 5.91 Å². The van der Waals surface area contributed by atoms with Gasteiger partial charge in [0.2, 0.25) is 0 Å². The van der Waals surface area contributed by atoms with E-state index in [1.807, 2.05) is 0 Å². The monoisotopic (exact) mass is 324 g/mol.